The van der Waals surface area contributed by atoms with Crippen LogP contribution in [0.3, 0.4) is 0 Å². The van der Waals surface area contributed by atoms with Crippen molar-refractivity contribution < 1.29 is 14.3 Å². The first kappa shape index (κ1) is 8.52. The zero-order chi connectivity index (χ0) is 8.81. The molecule has 0 saturated heterocycles. The lowest BCUT2D eigenvalue weighted by molar-refractivity contribution is -0.108. The molecule has 1 aromatic heterocycles. The number of carbonyl (C=O) groups excluding carboxylic acids is 2. The molecule has 0 atom stereocenters. The number of carbonyl (C=O) groups is 2. The zero-order valence-corrected chi connectivity index (χ0v) is 6.47. The Morgan fingerprint density at radius 2 is 2.08 bits per heavy atom. The number of rotatable bonds is 3. The minimum Gasteiger partial charge on any atom is -0.448 e. The van der Waals surface area contributed by atoms with Gasteiger partial charge in [-0.1, -0.05) is 0 Å². The SMILES string of the molecule is O=CCCOC(=O)n1cccc1. The molecule has 0 aliphatic rings. The number of hydrogen-bond acceptors (Lipinski definition) is 3. The molecule has 0 saturated carbocycles. The van der Waals surface area contributed by atoms with Crippen molar-refractivity contribution in [1.82, 2.24) is 4.57 Å². The molecule has 1 aromatic rings. The van der Waals surface area contributed by atoms with Crippen LogP contribution in [-0.4, -0.2) is 23.6 Å². The van der Waals surface area contributed by atoms with Crippen molar-refractivity contribution in [2.75, 3.05) is 6.61 Å². The quantitative estimate of drug-likeness (QED) is 0.499. The largest absolute Gasteiger partial charge is 0.448 e. The molecule has 0 bridgehead atoms. The van der Waals surface area contributed by atoms with E-state index in [0.29, 0.717) is 6.29 Å². The van der Waals surface area contributed by atoms with E-state index < -0.39 is 6.09 Å². The molecule has 0 amide bonds. The number of hydrogen-bond donors (Lipinski definition) is 0. The van der Waals surface area contributed by atoms with Gasteiger partial charge >= 0.3 is 6.09 Å². The van der Waals surface area contributed by atoms with Gasteiger partial charge in [0.05, 0.1) is 6.61 Å². The Morgan fingerprint density at radius 3 is 2.67 bits per heavy atom. The van der Waals surface area contributed by atoms with Gasteiger partial charge in [0.15, 0.2) is 0 Å². The van der Waals surface area contributed by atoms with Crippen LogP contribution in [0.25, 0.3) is 0 Å². The Hall–Kier alpha value is -1.58. The molecule has 0 N–H and O–H groups in total. The minimum absolute atomic E-state index is 0.139. The van der Waals surface area contributed by atoms with Crippen molar-refractivity contribution in [3.05, 3.63) is 24.5 Å². The lowest BCUT2D eigenvalue weighted by atomic mass is 10.5. The Kier molecular flexibility index (Phi) is 3.07. The van der Waals surface area contributed by atoms with Gasteiger partial charge in [-0.2, -0.15) is 0 Å². The highest BCUT2D eigenvalue weighted by Gasteiger charge is 2.01. The molecule has 4 heteroatoms. The third-order valence-corrected chi connectivity index (χ3v) is 1.28. The van der Waals surface area contributed by atoms with E-state index in [0.717, 1.165) is 0 Å². The van der Waals surface area contributed by atoms with Crippen molar-refractivity contribution in [2.45, 2.75) is 6.42 Å². The molecule has 4 nitrogen and oxygen atoms in total. The fourth-order valence-electron chi connectivity index (χ4n) is 0.725. The average Bonchev–Trinajstić information content (AvgIpc) is 2.56. The van der Waals surface area contributed by atoms with Crippen LogP contribution < -0.4 is 0 Å². The Labute approximate surface area is 69.7 Å². The van der Waals surface area contributed by atoms with Crippen molar-refractivity contribution in [2.24, 2.45) is 0 Å². The van der Waals surface area contributed by atoms with E-state index in [1.165, 1.54) is 4.57 Å². The number of ether oxygens (including phenoxy) is 1. The summed E-state index contributed by atoms with van der Waals surface area (Å²) >= 11 is 0. The van der Waals surface area contributed by atoms with Crippen LogP contribution in [0.15, 0.2) is 24.5 Å². The summed E-state index contributed by atoms with van der Waals surface area (Å²) in [5.41, 5.74) is 0. The van der Waals surface area contributed by atoms with E-state index in [9.17, 15) is 9.59 Å². The van der Waals surface area contributed by atoms with Crippen LogP contribution in [0.4, 0.5) is 4.79 Å². The normalized spacial score (nSPS) is 9.33. The van der Waals surface area contributed by atoms with Crippen LogP contribution in [-0.2, 0) is 9.53 Å². The molecule has 0 aromatic carbocycles. The van der Waals surface area contributed by atoms with Gasteiger partial charge < -0.3 is 9.53 Å². The van der Waals surface area contributed by atoms with Crippen LogP contribution in [0.1, 0.15) is 6.42 Å². The Bertz CT molecular complexity index is 253. The highest BCUT2D eigenvalue weighted by atomic mass is 16.5. The average molecular weight is 167 g/mol. The zero-order valence-electron chi connectivity index (χ0n) is 6.47. The molecule has 0 unspecified atom stereocenters. The summed E-state index contributed by atoms with van der Waals surface area (Å²) in [5, 5.41) is 0. The summed E-state index contributed by atoms with van der Waals surface area (Å²) in [5.74, 6) is 0. The topological polar surface area (TPSA) is 48.3 Å². The highest BCUT2D eigenvalue weighted by molar-refractivity contribution is 5.70. The lowest BCUT2D eigenvalue weighted by Crippen LogP contribution is -2.12. The van der Waals surface area contributed by atoms with Crippen LogP contribution in [0, 0.1) is 0 Å². The highest BCUT2D eigenvalue weighted by Crippen LogP contribution is 1.92. The number of nitrogens with zero attached hydrogens (tertiary/aromatic N) is 1. The fraction of sp³-hybridized carbons (Fsp3) is 0.250. The van der Waals surface area contributed by atoms with E-state index in [2.05, 4.69) is 0 Å². The maximum atomic E-state index is 11.0. The van der Waals surface area contributed by atoms with Gasteiger partial charge in [-0.3, -0.25) is 4.57 Å². The second kappa shape index (κ2) is 4.33. The van der Waals surface area contributed by atoms with E-state index in [1.807, 2.05) is 0 Å². The predicted octanol–water partition coefficient (Wildman–Crippen LogP) is 1.06. The molecule has 1 heterocycles. The summed E-state index contributed by atoms with van der Waals surface area (Å²) in [6, 6.07) is 3.45. The number of aromatic nitrogens is 1. The van der Waals surface area contributed by atoms with Crippen LogP contribution in [0.2, 0.25) is 0 Å². The van der Waals surface area contributed by atoms with Gasteiger partial charge in [-0.15, -0.1) is 0 Å². The maximum Gasteiger partial charge on any atom is 0.417 e. The molecular weight excluding hydrogens is 158 g/mol. The second-order valence-corrected chi connectivity index (χ2v) is 2.16. The first-order chi connectivity index (χ1) is 5.84. The summed E-state index contributed by atoms with van der Waals surface area (Å²) in [6.07, 6.45) is 3.67. The van der Waals surface area contributed by atoms with Gasteiger partial charge in [-0.05, 0) is 12.1 Å². The maximum absolute atomic E-state index is 11.0. The summed E-state index contributed by atoms with van der Waals surface area (Å²) in [6.45, 7) is 0.139. The Morgan fingerprint density at radius 1 is 1.42 bits per heavy atom. The fourth-order valence-corrected chi connectivity index (χ4v) is 0.725. The van der Waals surface area contributed by atoms with Crippen molar-refractivity contribution in [3.8, 4) is 0 Å². The van der Waals surface area contributed by atoms with Gasteiger partial charge in [0, 0.05) is 18.8 Å². The molecule has 0 radical (unpaired) electrons. The monoisotopic (exact) mass is 167 g/mol. The number of aldehydes is 1. The van der Waals surface area contributed by atoms with Crippen molar-refractivity contribution in [3.63, 3.8) is 0 Å². The van der Waals surface area contributed by atoms with Crippen molar-refractivity contribution >= 4 is 12.4 Å². The summed E-state index contributed by atoms with van der Waals surface area (Å²) in [7, 11) is 0. The molecule has 0 aliphatic carbocycles. The molecule has 64 valence electrons. The first-order valence-electron chi connectivity index (χ1n) is 3.58. The third-order valence-electron chi connectivity index (χ3n) is 1.28. The first-order valence-corrected chi connectivity index (χ1v) is 3.58. The van der Waals surface area contributed by atoms with Gasteiger partial charge in [0.25, 0.3) is 0 Å². The standard InChI is InChI=1S/C8H9NO3/c10-6-3-7-12-8(11)9-4-1-2-5-9/h1-2,4-6H,3,7H2. The van der Waals surface area contributed by atoms with E-state index >= 15 is 0 Å². The van der Waals surface area contributed by atoms with Crippen molar-refractivity contribution in [1.29, 1.82) is 0 Å². The van der Waals surface area contributed by atoms with E-state index in [1.54, 1.807) is 24.5 Å². The molecule has 0 spiro atoms. The molecule has 0 fully saturated rings. The molecule has 12 heavy (non-hydrogen) atoms. The third kappa shape index (κ3) is 2.23. The molecule has 1 rings (SSSR count). The van der Waals surface area contributed by atoms with E-state index in [-0.39, 0.29) is 13.0 Å². The predicted molar refractivity (Wildman–Crippen MR) is 41.9 cm³/mol. The molecular formula is C8H9NO3. The molecule has 0 aliphatic heterocycles. The van der Waals surface area contributed by atoms with Crippen LogP contribution >= 0.6 is 0 Å². The Balaban J connectivity index is 2.34. The lowest BCUT2D eigenvalue weighted by Gasteiger charge is -2.01. The smallest absolute Gasteiger partial charge is 0.417 e. The summed E-state index contributed by atoms with van der Waals surface area (Å²) < 4.78 is 6.03. The van der Waals surface area contributed by atoms with Gasteiger partial charge in [0.1, 0.15) is 6.29 Å². The second-order valence-electron chi connectivity index (χ2n) is 2.16. The van der Waals surface area contributed by atoms with Crippen LogP contribution in [0.5, 0.6) is 0 Å². The van der Waals surface area contributed by atoms with E-state index in [4.69, 9.17) is 4.74 Å². The minimum atomic E-state index is -0.457. The summed E-state index contributed by atoms with van der Waals surface area (Å²) in [4.78, 5) is 20.9. The van der Waals surface area contributed by atoms with Gasteiger partial charge in [0.2, 0.25) is 0 Å². The van der Waals surface area contributed by atoms with Gasteiger partial charge in [-0.25, -0.2) is 4.79 Å².